The van der Waals surface area contributed by atoms with Crippen LogP contribution in [0.25, 0.3) is 11.0 Å². The van der Waals surface area contributed by atoms with Crippen molar-refractivity contribution in [3.63, 3.8) is 0 Å². The van der Waals surface area contributed by atoms with Gasteiger partial charge in [-0.2, -0.15) is 0 Å². The molecule has 0 aliphatic carbocycles. The molecule has 0 bridgehead atoms. The number of hydrogen-bond acceptors (Lipinski definition) is 6. The van der Waals surface area contributed by atoms with Crippen LogP contribution in [-0.4, -0.2) is 29.0 Å². The van der Waals surface area contributed by atoms with E-state index < -0.39 is 23.5 Å². The molecule has 7 nitrogen and oxygen atoms in total. The summed E-state index contributed by atoms with van der Waals surface area (Å²) in [5.74, 6) is -2.04. The summed E-state index contributed by atoms with van der Waals surface area (Å²) < 4.78 is 11.1. The molecule has 2 N–H and O–H groups in total. The summed E-state index contributed by atoms with van der Waals surface area (Å²) in [6, 6.07) is 16.1. The summed E-state index contributed by atoms with van der Waals surface area (Å²) in [5, 5.41) is 22.3. The highest BCUT2D eigenvalue weighted by Gasteiger charge is 2.45. The Balaban J connectivity index is 1.67. The third kappa shape index (κ3) is 3.88. The van der Waals surface area contributed by atoms with E-state index in [1.165, 1.54) is 30.2 Å². The third-order valence-corrected chi connectivity index (χ3v) is 6.20. The van der Waals surface area contributed by atoms with Gasteiger partial charge in [-0.1, -0.05) is 35.3 Å². The maximum atomic E-state index is 13.7. The number of methoxy groups -OCH3 is 1. The molecular weight excluding hydrogens is 493 g/mol. The highest BCUT2D eigenvalue weighted by atomic mass is 35.5. The maximum Gasteiger partial charge on any atom is 0.294 e. The lowest BCUT2D eigenvalue weighted by molar-refractivity contribution is -0.117. The van der Waals surface area contributed by atoms with Crippen LogP contribution in [0, 0.1) is 0 Å². The van der Waals surface area contributed by atoms with Crippen molar-refractivity contribution in [1.82, 2.24) is 0 Å². The number of aromatic hydroxyl groups is 1. The Morgan fingerprint density at radius 1 is 1.00 bits per heavy atom. The molecule has 1 aliphatic rings. The quantitative estimate of drug-likeness (QED) is 0.309. The molecule has 3 aromatic carbocycles. The van der Waals surface area contributed by atoms with E-state index in [0.29, 0.717) is 38.0 Å². The lowest BCUT2D eigenvalue weighted by Gasteiger charge is -2.27. The Morgan fingerprint density at radius 2 is 1.74 bits per heavy atom. The highest BCUT2D eigenvalue weighted by Crippen LogP contribution is 2.43. The van der Waals surface area contributed by atoms with Gasteiger partial charge >= 0.3 is 0 Å². The van der Waals surface area contributed by atoms with Gasteiger partial charge in [0.15, 0.2) is 22.9 Å². The minimum atomic E-state index is -1.04. The summed E-state index contributed by atoms with van der Waals surface area (Å²) >= 11 is 12.1. The van der Waals surface area contributed by atoms with Crippen LogP contribution in [0.1, 0.15) is 22.2 Å². The van der Waals surface area contributed by atoms with E-state index in [1.807, 2.05) is 0 Å². The van der Waals surface area contributed by atoms with Crippen molar-refractivity contribution in [2.75, 3.05) is 12.0 Å². The third-order valence-electron chi connectivity index (χ3n) is 5.73. The molecule has 1 unspecified atom stereocenters. The predicted octanol–water partition coefficient (Wildman–Crippen LogP) is 6.24. The minimum Gasteiger partial charge on any atom is -0.508 e. The first kappa shape index (κ1) is 22.8. The van der Waals surface area contributed by atoms with Crippen molar-refractivity contribution >= 4 is 51.5 Å². The second-order valence-corrected chi connectivity index (χ2v) is 8.75. The SMILES string of the molecule is COc1cc(Cl)cc2cc(C(=O)C3=C(O)C(=O)N(c4ccc(Cl)cc4)C3c3cccc(O)c3)oc12. The number of phenols is 1. The molecule has 5 rings (SSSR count). The first-order chi connectivity index (χ1) is 16.8. The van der Waals surface area contributed by atoms with Gasteiger partial charge in [-0.15, -0.1) is 0 Å². The first-order valence-corrected chi connectivity index (χ1v) is 11.2. The molecule has 0 saturated heterocycles. The molecule has 35 heavy (non-hydrogen) atoms. The summed E-state index contributed by atoms with van der Waals surface area (Å²) in [5.41, 5.74) is 0.922. The molecular formula is C26H17Cl2NO6. The topological polar surface area (TPSA) is 100 Å². The van der Waals surface area contributed by atoms with Gasteiger partial charge in [0.2, 0.25) is 5.78 Å². The van der Waals surface area contributed by atoms with E-state index in [1.54, 1.807) is 48.5 Å². The van der Waals surface area contributed by atoms with Crippen LogP contribution in [0.5, 0.6) is 11.5 Å². The standard InChI is InChI=1S/C26H17Cl2NO6/c1-34-20-12-16(28)9-14-11-19(35-25(14)20)23(31)21-22(13-3-2-4-18(30)10-13)29(26(33)24(21)32)17-7-5-15(27)6-8-17/h2-12,22,30,32H,1H3. The average molecular weight is 510 g/mol. The molecule has 4 aromatic rings. The van der Waals surface area contributed by atoms with Crippen molar-refractivity contribution in [2.45, 2.75) is 6.04 Å². The molecule has 1 aromatic heterocycles. The number of ketones is 1. The van der Waals surface area contributed by atoms with Gasteiger partial charge in [0.25, 0.3) is 5.91 Å². The second-order valence-electron chi connectivity index (χ2n) is 7.88. The fourth-order valence-corrected chi connectivity index (χ4v) is 4.54. The van der Waals surface area contributed by atoms with Crippen LogP contribution in [0.2, 0.25) is 10.0 Å². The maximum absolute atomic E-state index is 13.7. The highest BCUT2D eigenvalue weighted by molar-refractivity contribution is 6.31. The zero-order chi connectivity index (χ0) is 24.9. The summed E-state index contributed by atoms with van der Waals surface area (Å²) in [6.07, 6.45) is 0. The van der Waals surface area contributed by atoms with Crippen LogP contribution in [-0.2, 0) is 4.79 Å². The number of rotatable bonds is 5. The van der Waals surface area contributed by atoms with E-state index in [2.05, 4.69) is 0 Å². The molecule has 0 spiro atoms. The fourth-order valence-electron chi connectivity index (χ4n) is 4.20. The van der Waals surface area contributed by atoms with Crippen LogP contribution < -0.4 is 9.64 Å². The lowest BCUT2D eigenvalue weighted by atomic mass is 9.94. The van der Waals surface area contributed by atoms with Gasteiger partial charge in [-0.3, -0.25) is 14.5 Å². The number of aliphatic hydroxyl groups excluding tert-OH is 1. The number of fused-ring (bicyclic) bond motifs is 1. The van der Waals surface area contributed by atoms with Crippen molar-refractivity contribution < 1.29 is 29.0 Å². The Morgan fingerprint density at radius 3 is 2.43 bits per heavy atom. The molecule has 0 saturated carbocycles. The smallest absolute Gasteiger partial charge is 0.294 e. The summed E-state index contributed by atoms with van der Waals surface area (Å²) in [4.78, 5) is 28.2. The second kappa shape index (κ2) is 8.69. The van der Waals surface area contributed by atoms with Crippen LogP contribution in [0.3, 0.4) is 0 Å². The van der Waals surface area contributed by atoms with Crippen LogP contribution in [0.15, 0.2) is 82.5 Å². The summed E-state index contributed by atoms with van der Waals surface area (Å²) in [6.45, 7) is 0. The molecule has 176 valence electrons. The van der Waals surface area contributed by atoms with E-state index in [4.69, 9.17) is 32.4 Å². The minimum absolute atomic E-state index is 0.0627. The molecule has 2 heterocycles. The zero-order valence-electron chi connectivity index (χ0n) is 18.2. The van der Waals surface area contributed by atoms with Gasteiger partial charge in [-0.05, 0) is 54.1 Å². The number of benzene rings is 3. The van der Waals surface area contributed by atoms with Crippen molar-refractivity contribution in [3.05, 3.63) is 99.4 Å². The van der Waals surface area contributed by atoms with Gasteiger partial charge in [-0.25, -0.2) is 0 Å². The number of aliphatic hydroxyl groups is 1. The predicted molar refractivity (Wildman–Crippen MR) is 132 cm³/mol. The Kier molecular flexibility index (Phi) is 5.67. The largest absolute Gasteiger partial charge is 0.508 e. The lowest BCUT2D eigenvalue weighted by Crippen LogP contribution is -2.31. The number of amides is 1. The number of hydrogen-bond donors (Lipinski definition) is 2. The molecule has 1 aliphatic heterocycles. The monoisotopic (exact) mass is 509 g/mol. The number of carbonyl (C=O) groups is 2. The van der Waals surface area contributed by atoms with E-state index in [-0.39, 0.29) is 17.1 Å². The first-order valence-electron chi connectivity index (χ1n) is 10.4. The number of furan rings is 1. The number of nitrogens with zero attached hydrogens (tertiary/aromatic N) is 1. The normalized spacial score (nSPS) is 15.8. The Hall–Kier alpha value is -3.94. The van der Waals surface area contributed by atoms with E-state index >= 15 is 0 Å². The number of phenolic OH excluding ortho intramolecular Hbond substituents is 1. The number of carbonyl (C=O) groups excluding carboxylic acids is 2. The van der Waals surface area contributed by atoms with Crippen molar-refractivity contribution in [3.8, 4) is 11.5 Å². The van der Waals surface area contributed by atoms with Crippen molar-refractivity contribution in [1.29, 1.82) is 0 Å². The molecule has 1 amide bonds. The summed E-state index contributed by atoms with van der Waals surface area (Å²) in [7, 11) is 1.45. The number of halogens is 2. The fraction of sp³-hybridized carbons (Fsp3) is 0.0769. The van der Waals surface area contributed by atoms with Gasteiger partial charge in [0.1, 0.15) is 5.75 Å². The molecule has 1 atom stereocenters. The average Bonchev–Trinajstić information content (AvgIpc) is 3.38. The van der Waals surface area contributed by atoms with E-state index in [9.17, 15) is 19.8 Å². The molecule has 0 radical (unpaired) electrons. The van der Waals surface area contributed by atoms with Crippen molar-refractivity contribution in [2.24, 2.45) is 0 Å². The Labute approximate surface area is 209 Å². The van der Waals surface area contributed by atoms with Gasteiger partial charge in [0, 0.05) is 27.2 Å². The number of anilines is 1. The van der Waals surface area contributed by atoms with Gasteiger partial charge in [0.05, 0.1) is 18.7 Å². The van der Waals surface area contributed by atoms with E-state index in [0.717, 1.165) is 0 Å². The van der Waals surface area contributed by atoms with Crippen LogP contribution >= 0.6 is 23.2 Å². The van der Waals surface area contributed by atoms with Gasteiger partial charge < -0.3 is 19.4 Å². The molecule has 0 fully saturated rings. The number of ether oxygens (including phenoxy) is 1. The zero-order valence-corrected chi connectivity index (χ0v) is 19.7. The Bertz CT molecular complexity index is 1520. The molecule has 9 heteroatoms. The van der Waals surface area contributed by atoms with Crippen LogP contribution in [0.4, 0.5) is 5.69 Å². The number of Topliss-reactive ketones (excluding diaryl/α,β-unsaturated/α-hetero) is 1.